The number of nitrogens with one attached hydrogen (secondary N) is 1. The van der Waals surface area contributed by atoms with Gasteiger partial charge in [0.2, 0.25) is 0 Å². The lowest BCUT2D eigenvalue weighted by atomic mass is 10.2. The molecule has 2 heteroatoms. The van der Waals surface area contributed by atoms with E-state index in [4.69, 9.17) is 6.42 Å². The van der Waals surface area contributed by atoms with E-state index in [0.717, 1.165) is 13.1 Å². The van der Waals surface area contributed by atoms with E-state index in [1.165, 1.54) is 19.3 Å². The van der Waals surface area contributed by atoms with Crippen molar-refractivity contribution >= 4 is 0 Å². The van der Waals surface area contributed by atoms with Crippen LogP contribution in [0.2, 0.25) is 0 Å². The molecule has 0 radical (unpaired) electrons. The number of nitrogens with zero attached hydrogens (tertiary/aromatic N) is 1. The van der Waals surface area contributed by atoms with Crippen LogP contribution in [-0.4, -0.2) is 24.6 Å². The predicted octanol–water partition coefficient (Wildman–Crippen LogP) is 0.610. The molecule has 0 amide bonds. The smallest absolute Gasteiger partial charge is 0.0711 e. The van der Waals surface area contributed by atoms with Crippen LogP contribution in [0.25, 0.3) is 0 Å². The second-order valence-corrected chi connectivity index (χ2v) is 2.59. The lowest BCUT2D eigenvalue weighted by molar-refractivity contribution is 0.164. The normalized spacial score (nSPS) is 20.3. The van der Waals surface area contributed by atoms with Gasteiger partial charge in [-0.15, -0.1) is 6.42 Å². The predicted molar refractivity (Wildman–Crippen MR) is 42.3 cm³/mol. The number of rotatable bonds is 2. The molecule has 10 heavy (non-hydrogen) atoms. The van der Waals surface area contributed by atoms with Crippen molar-refractivity contribution in [2.75, 3.05) is 19.6 Å². The molecule has 2 nitrogen and oxygen atoms in total. The SMILES string of the molecule is C#CCNN1CCCCC1. The number of piperidine rings is 1. The largest absolute Gasteiger partial charge is 0.244 e. The van der Waals surface area contributed by atoms with E-state index in [1.807, 2.05) is 0 Å². The van der Waals surface area contributed by atoms with E-state index in [1.54, 1.807) is 0 Å². The molecule has 0 saturated carbocycles. The number of hydrazine groups is 1. The van der Waals surface area contributed by atoms with Crippen LogP contribution in [0.5, 0.6) is 0 Å². The van der Waals surface area contributed by atoms with Crippen LogP contribution in [0.1, 0.15) is 19.3 Å². The Bertz CT molecular complexity index is 120. The van der Waals surface area contributed by atoms with Crippen molar-refractivity contribution in [3.05, 3.63) is 0 Å². The summed E-state index contributed by atoms with van der Waals surface area (Å²) in [5.74, 6) is 2.56. The minimum Gasteiger partial charge on any atom is -0.244 e. The zero-order valence-electron chi connectivity index (χ0n) is 6.27. The Morgan fingerprint density at radius 2 is 2.00 bits per heavy atom. The number of hydrogen-bond acceptors (Lipinski definition) is 2. The van der Waals surface area contributed by atoms with Gasteiger partial charge in [-0.2, -0.15) is 0 Å². The fourth-order valence-corrected chi connectivity index (χ4v) is 1.21. The van der Waals surface area contributed by atoms with Gasteiger partial charge in [-0.3, -0.25) is 0 Å². The van der Waals surface area contributed by atoms with Crippen molar-refractivity contribution < 1.29 is 0 Å². The standard InChI is InChI=1S/C8H14N2/c1-2-6-9-10-7-4-3-5-8-10/h1,9H,3-8H2. The second-order valence-electron chi connectivity index (χ2n) is 2.59. The first kappa shape index (κ1) is 7.59. The molecule has 0 spiro atoms. The molecule has 1 aliphatic heterocycles. The molecule has 1 rings (SSSR count). The quantitative estimate of drug-likeness (QED) is 0.562. The van der Waals surface area contributed by atoms with E-state index < -0.39 is 0 Å². The zero-order chi connectivity index (χ0) is 7.23. The summed E-state index contributed by atoms with van der Waals surface area (Å²) in [4.78, 5) is 0. The Morgan fingerprint density at radius 1 is 1.30 bits per heavy atom. The lowest BCUT2D eigenvalue weighted by Crippen LogP contribution is -2.41. The fraction of sp³-hybridized carbons (Fsp3) is 0.750. The molecule has 0 bridgehead atoms. The minimum atomic E-state index is 0.667. The number of terminal acetylenes is 1. The van der Waals surface area contributed by atoms with E-state index in [0.29, 0.717) is 6.54 Å². The van der Waals surface area contributed by atoms with Crippen molar-refractivity contribution in [1.29, 1.82) is 0 Å². The maximum absolute atomic E-state index is 5.11. The Labute approximate surface area is 62.6 Å². The topological polar surface area (TPSA) is 15.3 Å². The van der Waals surface area contributed by atoms with E-state index >= 15 is 0 Å². The maximum atomic E-state index is 5.11. The van der Waals surface area contributed by atoms with Gasteiger partial charge < -0.3 is 0 Å². The lowest BCUT2D eigenvalue weighted by Gasteiger charge is -2.25. The van der Waals surface area contributed by atoms with Gasteiger partial charge >= 0.3 is 0 Å². The summed E-state index contributed by atoms with van der Waals surface area (Å²) < 4.78 is 0. The monoisotopic (exact) mass is 138 g/mol. The van der Waals surface area contributed by atoms with Crippen LogP contribution in [0.3, 0.4) is 0 Å². The van der Waals surface area contributed by atoms with Crippen LogP contribution >= 0.6 is 0 Å². The summed E-state index contributed by atoms with van der Waals surface area (Å²) in [5, 5.41) is 2.21. The first-order chi connectivity index (χ1) is 4.93. The summed E-state index contributed by atoms with van der Waals surface area (Å²) >= 11 is 0. The molecule has 1 aliphatic rings. The van der Waals surface area contributed by atoms with Gasteiger partial charge in [0.15, 0.2) is 0 Å². The molecule has 1 heterocycles. The highest BCUT2D eigenvalue weighted by Crippen LogP contribution is 2.04. The molecule has 0 aliphatic carbocycles. The average molecular weight is 138 g/mol. The molecular weight excluding hydrogens is 124 g/mol. The van der Waals surface area contributed by atoms with Crippen LogP contribution in [0, 0.1) is 12.3 Å². The zero-order valence-corrected chi connectivity index (χ0v) is 6.27. The highest BCUT2D eigenvalue weighted by Gasteiger charge is 2.07. The highest BCUT2D eigenvalue weighted by molar-refractivity contribution is 4.86. The van der Waals surface area contributed by atoms with E-state index in [2.05, 4.69) is 16.4 Å². The summed E-state index contributed by atoms with van der Waals surface area (Å²) in [7, 11) is 0. The Balaban J connectivity index is 2.09. The van der Waals surface area contributed by atoms with Crippen molar-refractivity contribution in [3.63, 3.8) is 0 Å². The maximum Gasteiger partial charge on any atom is 0.0711 e. The average Bonchev–Trinajstić information content (AvgIpc) is 2.03. The third-order valence-electron chi connectivity index (χ3n) is 1.76. The van der Waals surface area contributed by atoms with E-state index in [9.17, 15) is 0 Å². The summed E-state index contributed by atoms with van der Waals surface area (Å²) in [6.45, 7) is 2.98. The first-order valence-electron chi connectivity index (χ1n) is 3.85. The van der Waals surface area contributed by atoms with Crippen molar-refractivity contribution in [2.45, 2.75) is 19.3 Å². The van der Waals surface area contributed by atoms with Gasteiger partial charge in [0, 0.05) is 13.1 Å². The van der Waals surface area contributed by atoms with Crippen molar-refractivity contribution in [3.8, 4) is 12.3 Å². The van der Waals surface area contributed by atoms with Gasteiger partial charge in [-0.25, -0.2) is 10.4 Å². The highest BCUT2D eigenvalue weighted by atomic mass is 15.5. The first-order valence-corrected chi connectivity index (χ1v) is 3.85. The third-order valence-corrected chi connectivity index (χ3v) is 1.76. The third kappa shape index (κ3) is 2.38. The van der Waals surface area contributed by atoms with E-state index in [-0.39, 0.29) is 0 Å². The second kappa shape index (κ2) is 4.32. The van der Waals surface area contributed by atoms with Crippen LogP contribution in [-0.2, 0) is 0 Å². The van der Waals surface area contributed by atoms with Crippen LogP contribution < -0.4 is 5.43 Å². The van der Waals surface area contributed by atoms with Gasteiger partial charge in [-0.05, 0) is 12.8 Å². The molecule has 0 aromatic heterocycles. The molecule has 1 fully saturated rings. The molecular formula is C8H14N2. The Hall–Kier alpha value is -0.520. The van der Waals surface area contributed by atoms with Gasteiger partial charge in [0.05, 0.1) is 6.54 Å². The van der Waals surface area contributed by atoms with Crippen LogP contribution in [0.4, 0.5) is 0 Å². The fourth-order valence-electron chi connectivity index (χ4n) is 1.21. The van der Waals surface area contributed by atoms with Crippen molar-refractivity contribution in [1.82, 2.24) is 10.4 Å². The molecule has 0 atom stereocenters. The summed E-state index contributed by atoms with van der Waals surface area (Å²) in [6.07, 6.45) is 9.08. The molecule has 0 aromatic carbocycles. The minimum absolute atomic E-state index is 0.667. The molecule has 1 saturated heterocycles. The molecule has 0 unspecified atom stereocenters. The summed E-state index contributed by atoms with van der Waals surface area (Å²) in [5.41, 5.74) is 3.17. The Morgan fingerprint density at radius 3 is 2.60 bits per heavy atom. The summed E-state index contributed by atoms with van der Waals surface area (Å²) in [6, 6.07) is 0. The van der Waals surface area contributed by atoms with Gasteiger partial charge in [-0.1, -0.05) is 12.3 Å². The van der Waals surface area contributed by atoms with Gasteiger partial charge in [0.25, 0.3) is 0 Å². The van der Waals surface area contributed by atoms with Crippen molar-refractivity contribution in [2.24, 2.45) is 0 Å². The molecule has 1 N–H and O–H groups in total. The molecule has 0 aromatic rings. The molecule has 56 valence electrons. The van der Waals surface area contributed by atoms with Crippen LogP contribution in [0.15, 0.2) is 0 Å². The van der Waals surface area contributed by atoms with Gasteiger partial charge in [0.1, 0.15) is 0 Å². The Kier molecular flexibility index (Phi) is 3.28. The number of hydrogen-bond donors (Lipinski definition) is 1.